The third-order valence-electron chi connectivity index (χ3n) is 2.69. The van der Waals surface area contributed by atoms with Gasteiger partial charge in [0, 0.05) is 23.5 Å². The van der Waals surface area contributed by atoms with Gasteiger partial charge in [0.2, 0.25) is 0 Å². The first-order chi connectivity index (χ1) is 9.27. The lowest BCUT2D eigenvalue weighted by atomic mass is 10.00. The quantitative estimate of drug-likeness (QED) is 0.790. The van der Waals surface area contributed by atoms with Crippen LogP contribution in [-0.2, 0) is 4.74 Å². The molecule has 0 fully saturated rings. The monoisotopic (exact) mass is 257 g/mol. The average Bonchev–Trinajstić information content (AvgIpc) is 2.47. The number of carbonyl (C=O) groups excluding carboxylic acids is 1. The Balaban J connectivity index is 2.59. The van der Waals surface area contributed by atoms with Crippen molar-refractivity contribution < 1.29 is 14.3 Å². The molecule has 0 saturated heterocycles. The fraction of sp³-hybridized carbons (Fsp3) is 0.200. The van der Waals surface area contributed by atoms with Crippen molar-refractivity contribution in [3.63, 3.8) is 0 Å². The summed E-state index contributed by atoms with van der Waals surface area (Å²) >= 11 is 0. The summed E-state index contributed by atoms with van der Waals surface area (Å²) < 4.78 is 10.4. The van der Waals surface area contributed by atoms with Gasteiger partial charge >= 0.3 is 5.97 Å². The molecule has 0 aliphatic heterocycles. The first-order valence-corrected chi connectivity index (χ1v) is 6.02. The topological polar surface area (TPSA) is 48.4 Å². The maximum Gasteiger partial charge on any atom is 0.338 e. The van der Waals surface area contributed by atoms with Crippen LogP contribution in [0.4, 0.5) is 0 Å². The highest BCUT2D eigenvalue weighted by atomic mass is 16.5. The van der Waals surface area contributed by atoms with Gasteiger partial charge in [-0.05, 0) is 25.1 Å². The Labute approximate surface area is 112 Å². The van der Waals surface area contributed by atoms with E-state index in [9.17, 15) is 4.79 Å². The van der Waals surface area contributed by atoms with Crippen LogP contribution in [0.2, 0.25) is 0 Å². The Bertz CT molecular complexity index is 567. The van der Waals surface area contributed by atoms with Gasteiger partial charge in [-0.1, -0.05) is 12.1 Å². The van der Waals surface area contributed by atoms with E-state index in [0.717, 1.165) is 5.56 Å². The maximum atomic E-state index is 12.0. The number of hydrogen-bond donors (Lipinski definition) is 0. The van der Waals surface area contributed by atoms with Crippen LogP contribution in [0.5, 0.6) is 5.75 Å². The van der Waals surface area contributed by atoms with E-state index in [1.54, 1.807) is 38.6 Å². The minimum absolute atomic E-state index is 0.336. The number of aromatic nitrogens is 1. The van der Waals surface area contributed by atoms with Crippen molar-refractivity contribution in [2.24, 2.45) is 0 Å². The number of ether oxygens (including phenoxy) is 2. The second-order valence-corrected chi connectivity index (χ2v) is 3.85. The fourth-order valence-corrected chi connectivity index (χ4v) is 1.89. The summed E-state index contributed by atoms with van der Waals surface area (Å²) in [6, 6.07) is 9.00. The number of pyridine rings is 1. The molecule has 4 nitrogen and oxygen atoms in total. The highest BCUT2D eigenvalue weighted by Crippen LogP contribution is 2.33. The third kappa shape index (κ3) is 2.73. The third-order valence-corrected chi connectivity index (χ3v) is 2.69. The van der Waals surface area contributed by atoms with Gasteiger partial charge in [0.05, 0.1) is 19.3 Å². The molecule has 0 bridgehead atoms. The van der Waals surface area contributed by atoms with Crippen molar-refractivity contribution in [2.75, 3.05) is 13.7 Å². The van der Waals surface area contributed by atoms with Crippen molar-refractivity contribution >= 4 is 5.97 Å². The number of hydrogen-bond acceptors (Lipinski definition) is 4. The number of nitrogens with zero attached hydrogens (tertiary/aromatic N) is 1. The molecule has 4 heteroatoms. The van der Waals surface area contributed by atoms with Crippen LogP contribution < -0.4 is 4.74 Å². The summed E-state index contributed by atoms with van der Waals surface area (Å²) in [6.07, 6.45) is 3.38. The molecule has 2 rings (SSSR count). The lowest BCUT2D eigenvalue weighted by Gasteiger charge is -2.13. The molecule has 0 atom stereocenters. The van der Waals surface area contributed by atoms with Crippen molar-refractivity contribution in [1.82, 2.24) is 4.98 Å². The molecule has 0 aliphatic rings. The molecule has 0 radical (unpaired) electrons. The zero-order valence-corrected chi connectivity index (χ0v) is 10.9. The second kappa shape index (κ2) is 6.00. The minimum atomic E-state index is -0.361. The van der Waals surface area contributed by atoms with E-state index in [1.165, 1.54) is 0 Å². The molecule has 1 heterocycles. The van der Waals surface area contributed by atoms with Gasteiger partial charge < -0.3 is 9.47 Å². The number of esters is 1. The second-order valence-electron chi connectivity index (χ2n) is 3.85. The number of benzene rings is 1. The highest BCUT2D eigenvalue weighted by Gasteiger charge is 2.17. The highest BCUT2D eigenvalue weighted by molar-refractivity contribution is 5.99. The average molecular weight is 257 g/mol. The molecule has 0 N–H and O–H groups in total. The van der Waals surface area contributed by atoms with Gasteiger partial charge in [0.1, 0.15) is 5.75 Å². The smallest absolute Gasteiger partial charge is 0.338 e. The summed E-state index contributed by atoms with van der Waals surface area (Å²) in [5, 5.41) is 0. The number of methoxy groups -OCH3 is 1. The fourth-order valence-electron chi connectivity index (χ4n) is 1.89. The van der Waals surface area contributed by atoms with Crippen molar-refractivity contribution in [3.8, 4) is 16.9 Å². The van der Waals surface area contributed by atoms with Crippen LogP contribution in [0.3, 0.4) is 0 Å². The predicted molar refractivity (Wildman–Crippen MR) is 72.2 cm³/mol. The van der Waals surface area contributed by atoms with Gasteiger partial charge in [-0.15, -0.1) is 0 Å². The summed E-state index contributed by atoms with van der Waals surface area (Å²) in [4.78, 5) is 16.1. The van der Waals surface area contributed by atoms with E-state index in [-0.39, 0.29) is 5.97 Å². The van der Waals surface area contributed by atoms with E-state index in [1.807, 2.05) is 18.2 Å². The lowest BCUT2D eigenvalue weighted by Crippen LogP contribution is -2.07. The van der Waals surface area contributed by atoms with Crippen LogP contribution >= 0.6 is 0 Å². The first kappa shape index (κ1) is 13.1. The van der Waals surface area contributed by atoms with E-state index in [2.05, 4.69) is 4.98 Å². The zero-order valence-electron chi connectivity index (χ0n) is 10.9. The molecule has 0 amide bonds. The molecule has 1 aromatic carbocycles. The van der Waals surface area contributed by atoms with Crippen LogP contribution in [0.25, 0.3) is 11.1 Å². The van der Waals surface area contributed by atoms with E-state index < -0.39 is 0 Å². The summed E-state index contributed by atoms with van der Waals surface area (Å²) in [6.45, 7) is 2.12. The number of carbonyl (C=O) groups is 1. The van der Waals surface area contributed by atoms with Crippen molar-refractivity contribution in [3.05, 3.63) is 48.3 Å². The molecular formula is C15H15NO3. The Hall–Kier alpha value is -2.36. The largest absolute Gasteiger partial charge is 0.496 e. The normalized spacial score (nSPS) is 10.0. The first-order valence-electron chi connectivity index (χ1n) is 6.02. The Morgan fingerprint density at radius 3 is 2.74 bits per heavy atom. The van der Waals surface area contributed by atoms with Gasteiger partial charge in [-0.2, -0.15) is 0 Å². The summed E-state index contributed by atoms with van der Waals surface area (Å²) in [5.41, 5.74) is 2.01. The summed E-state index contributed by atoms with van der Waals surface area (Å²) in [7, 11) is 1.57. The molecule has 19 heavy (non-hydrogen) atoms. The Kier molecular flexibility index (Phi) is 4.13. The van der Waals surface area contributed by atoms with E-state index >= 15 is 0 Å². The Morgan fingerprint density at radius 2 is 2.11 bits per heavy atom. The molecule has 98 valence electrons. The lowest BCUT2D eigenvalue weighted by molar-refractivity contribution is 0.0527. The SMILES string of the molecule is CCOC(=O)c1cccc(OC)c1-c1cccnc1. The molecule has 0 spiro atoms. The molecule has 0 unspecified atom stereocenters. The molecule has 0 saturated carbocycles. The van der Waals surface area contributed by atoms with Gasteiger partial charge in [0.25, 0.3) is 0 Å². The molecule has 1 aromatic heterocycles. The molecular weight excluding hydrogens is 242 g/mol. The molecule has 2 aromatic rings. The predicted octanol–water partition coefficient (Wildman–Crippen LogP) is 2.93. The van der Waals surface area contributed by atoms with Gasteiger partial charge in [-0.25, -0.2) is 4.79 Å². The van der Waals surface area contributed by atoms with Gasteiger partial charge in [-0.3, -0.25) is 4.98 Å². The van der Waals surface area contributed by atoms with Crippen LogP contribution in [0, 0.1) is 0 Å². The van der Waals surface area contributed by atoms with Crippen LogP contribution in [0.15, 0.2) is 42.7 Å². The van der Waals surface area contributed by atoms with Crippen molar-refractivity contribution in [1.29, 1.82) is 0 Å². The summed E-state index contributed by atoms with van der Waals surface area (Å²) in [5.74, 6) is 0.263. The zero-order chi connectivity index (χ0) is 13.7. The van der Waals surface area contributed by atoms with E-state index in [4.69, 9.17) is 9.47 Å². The molecule has 0 aliphatic carbocycles. The minimum Gasteiger partial charge on any atom is -0.496 e. The number of rotatable bonds is 4. The maximum absolute atomic E-state index is 12.0. The van der Waals surface area contributed by atoms with Gasteiger partial charge in [0.15, 0.2) is 0 Å². The standard InChI is InChI=1S/C15H15NO3/c1-3-19-15(17)12-7-4-8-13(18-2)14(12)11-6-5-9-16-10-11/h4-10H,3H2,1-2H3. The van der Waals surface area contributed by atoms with E-state index in [0.29, 0.717) is 23.5 Å². The van der Waals surface area contributed by atoms with Crippen LogP contribution in [-0.4, -0.2) is 24.7 Å². The van der Waals surface area contributed by atoms with Crippen molar-refractivity contribution in [2.45, 2.75) is 6.92 Å². The van der Waals surface area contributed by atoms with Crippen LogP contribution in [0.1, 0.15) is 17.3 Å². The Morgan fingerprint density at radius 1 is 1.26 bits per heavy atom.